The molecule has 2 rings (SSSR count). The smallest absolute Gasteiger partial charge is 0.410 e. The number of likely N-dealkylation sites (N-methyl/N-ethyl adjacent to an activating group) is 1. The normalized spacial score (nSPS) is 11.6. The van der Waals surface area contributed by atoms with E-state index < -0.39 is 5.60 Å². The average molecular weight is 274 g/mol. The first-order valence-electron chi connectivity index (χ1n) is 6.86. The number of hydrogen-bond donors (Lipinski definition) is 1. The number of benzene rings is 1. The van der Waals surface area contributed by atoms with E-state index in [1.54, 1.807) is 11.9 Å². The molecule has 20 heavy (non-hydrogen) atoms. The largest absolute Gasteiger partial charge is 0.444 e. The van der Waals surface area contributed by atoms with Gasteiger partial charge in [0.1, 0.15) is 5.60 Å². The number of aromatic amines is 1. The number of hydrogen-bond acceptors (Lipinski definition) is 2. The number of H-pyrrole nitrogens is 1. The Labute approximate surface area is 119 Å². The molecule has 1 amide bonds. The fraction of sp³-hybridized carbons (Fsp3) is 0.438. The number of carbonyl (C=O) groups excluding carboxylic acids is 1. The minimum absolute atomic E-state index is 0.280. The Balaban J connectivity index is 1.96. The molecular weight excluding hydrogens is 252 g/mol. The standard InChI is InChI=1S/C16H22N2O2/c1-16(2,3)20-15(19)18(4)10-9-12-11-17-14-8-6-5-7-13(12)14/h5-8,11,17H,9-10H2,1-4H3. The van der Waals surface area contributed by atoms with Crippen molar-refractivity contribution in [1.29, 1.82) is 0 Å². The van der Waals surface area contributed by atoms with Gasteiger partial charge in [0.25, 0.3) is 0 Å². The van der Waals surface area contributed by atoms with Crippen LogP contribution in [0.3, 0.4) is 0 Å². The van der Waals surface area contributed by atoms with Crippen LogP contribution in [0.1, 0.15) is 26.3 Å². The second-order valence-electron chi connectivity index (χ2n) is 6.01. The minimum Gasteiger partial charge on any atom is -0.444 e. The number of nitrogens with zero attached hydrogens (tertiary/aromatic N) is 1. The number of carbonyl (C=O) groups is 1. The third kappa shape index (κ3) is 3.53. The molecule has 0 aliphatic heterocycles. The zero-order chi connectivity index (χ0) is 14.8. The van der Waals surface area contributed by atoms with Crippen LogP contribution in [0, 0.1) is 0 Å². The van der Waals surface area contributed by atoms with Gasteiger partial charge in [0.15, 0.2) is 0 Å². The number of rotatable bonds is 3. The average Bonchev–Trinajstić information content (AvgIpc) is 2.77. The van der Waals surface area contributed by atoms with Gasteiger partial charge in [0.2, 0.25) is 0 Å². The summed E-state index contributed by atoms with van der Waals surface area (Å²) in [6.07, 6.45) is 2.53. The van der Waals surface area contributed by atoms with Crippen molar-refractivity contribution in [3.05, 3.63) is 36.0 Å². The number of fused-ring (bicyclic) bond motifs is 1. The lowest BCUT2D eigenvalue weighted by molar-refractivity contribution is 0.0301. The van der Waals surface area contributed by atoms with Crippen LogP contribution in [-0.4, -0.2) is 35.2 Å². The van der Waals surface area contributed by atoms with Gasteiger partial charge in [0.05, 0.1) is 0 Å². The van der Waals surface area contributed by atoms with Gasteiger partial charge < -0.3 is 14.6 Å². The van der Waals surface area contributed by atoms with E-state index in [0.29, 0.717) is 6.54 Å². The van der Waals surface area contributed by atoms with E-state index in [-0.39, 0.29) is 6.09 Å². The Morgan fingerprint density at radius 2 is 2.00 bits per heavy atom. The van der Waals surface area contributed by atoms with E-state index in [2.05, 4.69) is 17.1 Å². The van der Waals surface area contributed by atoms with E-state index in [4.69, 9.17) is 4.74 Å². The lowest BCUT2D eigenvalue weighted by Gasteiger charge is -2.24. The predicted molar refractivity (Wildman–Crippen MR) is 80.9 cm³/mol. The van der Waals surface area contributed by atoms with Gasteiger partial charge in [-0.25, -0.2) is 4.79 Å². The lowest BCUT2D eigenvalue weighted by atomic mass is 10.1. The van der Waals surface area contributed by atoms with Crippen molar-refractivity contribution in [2.45, 2.75) is 32.8 Å². The van der Waals surface area contributed by atoms with Crippen LogP contribution < -0.4 is 0 Å². The van der Waals surface area contributed by atoms with Crippen LogP contribution in [0.2, 0.25) is 0 Å². The Hall–Kier alpha value is -1.97. The number of amides is 1. The zero-order valence-electron chi connectivity index (χ0n) is 12.6. The molecule has 4 nitrogen and oxygen atoms in total. The van der Waals surface area contributed by atoms with E-state index >= 15 is 0 Å². The van der Waals surface area contributed by atoms with Crippen molar-refractivity contribution >= 4 is 17.0 Å². The van der Waals surface area contributed by atoms with Crippen molar-refractivity contribution in [2.75, 3.05) is 13.6 Å². The molecule has 0 saturated heterocycles. The van der Waals surface area contributed by atoms with Crippen LogP contribution in [0.15, 0.2) is 30.5 Å². The monoisotopic (exact) mass is 274 g/mol. The highest BCUT2D eigenvalue weighted by atomic mass is 16.6. The second-order valence-corrected chi connectivity index (χ2v) is 6.01. The fourth-order valence-electron chi connectivity index (χ4n) is 2.06. The molecule has 2 aromatic rings. The molecule has 0 saturated carbocycles. The summed E-state index contributed by atoms with van der Waals surface area (Å²) in [5.74, 6) is 0. The van der Waals surface area contributed by atoms with E-state index in [1.165, 1.54) is 10.9 Å². The van der Waals surface area contributed by atoms with Crippen molar-refractivity contribution in [1.82, 2.24) is 9.88 Å². The molecule has 0 bridgehead atoms. The number of ether oxygens (including phenoxy) is 1. The maximum atomic E-state index is 11.9. The summed E-state index contributed by atoms with van der Waals surface area (Å²) in [5, 5.41) is 1.21. The SMILES string of the molecule is CN(CCc1c[nH]c2ccccc12)C(=O)OC(C)(C)C. The Kier molecular flexibility index (Phi) is 4.02. The number of para-hydroxylation sites is 1. The van der Waals surface area contributed by atoms with Crippen LogP contribution in [-0.2, 0) is 11.2 Å². The molecule has 108 valence electrons. The zero-order valence-corrected chi connectivity index (χ0v) is 12.6. The Morgan fingerprint density at radius 1 is 1.30 bits per heavy atom. The highest BCUT2D eigenvalue weighted by Gasteiger charge is 2.19. The molecule has 4 heteroatoms. The van der Waals surface area contributed by atoms with Gasteiger partial charge in [-0.05, 0) is 38.8 Å². The molecule has 0 fully saturated rings. The molecule has 0 spiro atoms. The van der Waals surface area contributed by atoms with Crippen molar-refractivity contribution in [3.8, 4) is 0 Å². The van der Waals surface area contributed by atoms with Gasteiger partial charge >= 0.3 is 6.09 Å². The van der Waals surface area contributed by atoms with Crippen molar-refractivity contribution < 1.29 is 9.53 Å². The van der Waals surface area contributed by atoms with Crippen molar-refractivity contribution in [3.63, 3.8) is 0 Å². The molecule has 1 aromatic carbocycles. The molecule has 0 aliphatic carbocycles. The maximum Gasteiger partial charge on any atom is 0.410 e. The van der Waals surface area contributed by atoms with Gasteiger partial charge in [0, 0.05) is 30.7 Å². The highest BCUT2D eigenvalue weighted by molar-refractivity contribution is 5.83. The van der Waals surface area contributed by atoms with Crippen LogP contribution in [0.4, 0.5) is 4.79 Å². The summed E-state index contributed by atoms with van der Waals surface area (Å²) in [6.45, 7) is 6.26. The van der Waals surface area contributed by atoms with Crippen LogP contribution in [0.5, 0.6) is 0 Å². The first-order valence-corrected chi connectivity index (χ1v) is 6.86. The van der Waals surface area contributed by atoms with Crippen LogP contribution >= 0.6 is 0 Å². The summed E-state index contributed by atoms with van der Waals surface area (Å²) in [4.78, 5) is 16.7. The van der Waals surface area contributed by atoms with Gasteiger partial charge in [-0.3, -0.25) is 0 Å². The van der Waals surface area contributed by atoms with E-state index in [9.17, 15) is 4.79 Å². The maximum absolute atomic E-state index is 11.9. The van der Waals surface area contributed by atoms with Gasteiger partial charge in [-0.15, -0.1) is 0 Å². The first kappa shape index (κ1) is 14.4. The number of nitrogens with one attached hydrogen (secondary N) is 1. The summed E-state index contributed by atoms with van der Waals surface area (Å²) < 4.78 is 5.34. The fourth-order valence-corrected chi connectivity index (χ4v) is 2.06. The topological polar surface area (TPSA) is 45.3 Å². The summed E-state index contributed by atoms with van der Waals surface area (Å²) in [5.41, 5.74) is 1.89. The van der Waals surface area contributed by atoms with E-state index in [1.807, 2.05) is 39.1 Å². The van der Waals surface area contributed by atoms with Gasteiger partial charge in [-0.1, -0.05) is 18.2 Å². The molecule has 1 aromatic heterocycles. The molecule has 0 atom stereocenters. The molecule has 1 N–H and O–H groups in total. The third-order valence-corrected chi connectivity index (χ3v) is 3.10. The quantitative estimate of drug-likeness (QED) is 0.929. The van der Waals surface area contributed by atoms with Gasteiger partial charge in [-0.2, -0.15) is 0 Å². The van der Waals surface area contributed by atoms with E-state index in [0.717, 1.165) is 11.9 Å². The molecule has 1 heterocycles. The Morgan fingerprint density at radius 3 is 2.70 bits per heavy atom. The molecular formula is C16H22N2O2. The third-order valence-electron chi connectivity index (χ3n) is 3.10. The first-order chi connectivity index (χ1) is 9.37. The predicted octanol–water partition coefficient (Wildman–Crippen LogP) is 3.58. The number of aromatic nitrogens is 1. The summed E-state index contributed by atoms with van der Waals surface area (Å²) in [7, 11) is 1.77. The minimum atomic E-state index is -0.452. The molecule has 0 aliphatic rings. The summed E-state index contributed by atoms with van der Waals surface area (Å²) >= 11 is 0. The molecule has 0 unspecified atom stereocenters. The molecule has 0 radical (unpaired) electrons. The summed E-state index contributed by atoms with van der Waals surface area (Å²) in [6, 6.07) is 8.18. The Bertz CT molecular complexity index is 596. The highest BCUT2D eigenvalue weighted by Crippen LogP contribution is 2.18. The van der Waals surface area contributed by atoms with Crippen molar-refractivity contribution in [2.24, 2.45) is 0 Å². The van der Waals surface area contributed by atoms with Crippen LogP contribution in [0.25, 0.3) is 10.9 Å². The lowest BCUT2D eigenvalue weighted by Crippen LogP contribution is -2.35. The second kappa shape index (κ2) is 5.57.